The van der Waals surface area contributed by atoms with E-state index in [1.807, 2.05) is 12.1 Å². The Balaban J connectivity index is 1.46. The summed E-state index contributed by atoms with van der Waals surface area (Å²) in [6.45, 7) is 4.16. The molecule has 6 aromatic rings. The third kappa shape index (κ3) is 3.76. The molecule has 0 aliphatic rings. The van der Waals surface area contributed by atoms with Crippen molar-refractivity contribution in [3.05, 3.63) is 73.1 Å². The van der Waals surface area contributed by atoms with Gasteiger partial charge in [-0.3, -0.25) is 15.1 Å². The van der Waals surface area contributed by atoms with Crippen LogP contribution in [0.25, 0.3) is 56.0 Å². The molecule has 0 atom stereocenters. The minimum absolute atomic E-state index is 0.291. The van der Waals surface area contributed by atoms with Gasteiger partial charge in [0.2, 0.25) is 0 Å². The van der Waals surface area contributed by atoms with Gasteiger partial charge in [-0.05, 0) is 38.1 Å². The number of pyridine rings is 3. The van der Waals surface area contributed by atoms with Gasteiger partial charge in [0.15, 0.2) is 11.5 Å². The highest BCUT2D eigenvalue weighted by molar-refractivity contribution is 5.96. The molecule has 5 aromatic heterocycles. The van der Waals surface area contributed by atoms with Gasteiger partial charge in [0, 0.05) is 46.7 Å². The number of aromatic amines is 2. The number of nitrogens with zero attached hydrogens (tertiary/aromatic N) is 5. The average Bonchev–Trinajstić information content (AvgIpc) is 3.47. The fourth-order valence-electron chi connectivity index (χ4n) is 4.17. The highest BCUT2D eigenvalue weighted by atomic mass is 19.1. The Labute approximate surface area is 199 Å². The molecule has 0 spiro atoms. The Hall–Kier alpha value is -4.66. The summed E-state index contributed by atoms with van der Waals surface area (Å²) in [5, 5.41) is 11.7. The number of benzene rings is 1. The van der Waals surface area contributed by atoms with Crippen LogP contribution in [-0.2, 0) is 0 Å². The van der Waals surface area contributed by atoms with E-state index >= 15 is 0 Å². The molecule has 8 nitrogen and oxygen atoms in total. The fraction of sp³-hybridized carbons (Fsp3) is 0.115. The summed E-state index contributed by atoms with van der Waals surface area (Å²) in [5.74, 6) is 0.230. The molecule has 0 aliphatic heterocycles. The van der Waals surface area contributed by atoms with Crippen LogP contribution < -0.4 is 5.32 Å². The number of aromatic nitrogens is 7. The molecule has 35 heavy (non-hydrogen) atoms. The van der Waals surface area contributed by atoms with Gasteiger partial charge in [-0.1, -0.05) is 18.2 Å². The Morgan fingerprint density at radius 1 is 0.971 bits per heavy atom. The van der Waals surface area contributed by atoms with Crippen LogP contribution in [0.4, 0.5) is 10.1 Å². The van der Waals surface area contributed by atoms with E-state index in [1.165, 1.54) is 6.07 Å². The van der Waals surface area contributed by atoms with Gasteiger partial charge >= 0.3 is 0 Å². The van der Waals surface area contributed by atoms with Gasteiger partial charge in [0.05, 0.1) is 28.6 Å². The quantitative estimate of drug-likeness (QED) is 0.307. The summed E-state index contributed by atoms with van der Waals surface area (Å²) in [5.41, 5.74) is 6.29. The van der Waals surface area contributed by atoms with E-state index in [1.54, 1.807) is 49.1 Å². The monoisotopic (exact) mass is 464 g/mol. The van der Waals surface area contributed by atoms with E-state index in [-0.39, 0.29) is 5.82 Å². The van der Waals surface area contributed by atoms with Crippen molar-refractivity contribution in [2.45, 2.75) is 19.9 Å². The van der Waals surface area contributed by atoms with E-state index in [0.29, 0.717) is 39.9 Å². The third-order valence-electron chi connectivity index (χ3n) is 5.72. The summed E-state index contributed by atoms with van der Waals surface area (Å²) in [6, 6.07) is 12.7. The minimum atomic E-state index is -0.306. The van der Waals surface area contributed by atoms with Crippen molar-refractivity contribution in [2.24, 2.45) is 0 Å². The van der Waals surface area contributed by atoms with Gasteiger partial charge in [-0.25, -0.2) is 14.4 Å². The normalized spacial score (nSPS) is 11.5. The molecule has 0 amide bonds. The van der Waals surface area contributed by atoms with E-state index in [0.717, 1.165) is 27.8 Å². The van der Waals surface area contributed by atoms with Crippen molar-refractivity contribution < 1.29 is 4.39 Å². The molecule has 9 heteroatoms. The second-order valence-electron chi connectivity index (χ2n) is 8.57. The average molecular weight is 465 g/mol. The van der Waals surface area contributed by atoms with Gasteiger partial charge < -0.3 is 10.3 Å². The van der Waals surface area contributed by atoms with Crippen molar-refractivity contribution in [1.29, 1.82) is 0 Å². The maximum atomic E-state index is 14.5. The topological polar surface area (TPSA) is 108 Å². The lowest BCUT2D eigenvalue weighted by atomic mass is 10.1. The summed E-state index contributed by atoms with van der Waals surface area (Å²) in [4.78, 5) is 21.3. The maximum absolute atomic E-state index is 14.5. The van der Waals surface area contributed by atoms with Crippen molar-refractivity contribution >= 4 is 27.8 Å². The molecule has 0 saturated carbocycles. The predicted octanol–water partition coefficient (Wildman–Crippen LogP) is 5.58. The molecule has 0 fully saturated rings. The molecular formula is C26H21FN8. The molecule has 0 unspecified atom stereocenters. The fourth-order valence-corrected chi connectivity index (χ4v) is 4.17. The lowest BCUT2D eigenvalue weighted by Gasteiger charge is -2.10. The standard InChI is InChI=1S/C26H21FN8/c1-14(2)31-16-9-15(11-28-12-16)21-10-19-22(13-30-21)34-35-24(19)26-32-23-18(7-8-29-25(23)33-26)17-5-3-4-6-20(17)27/h3-14,31H,1-2H3,(H,34,35)(H,29,32,33). The second-order valence-corrected chi connectivity index (χ2v) is 8.57. The third-order valence-corrected chi connectivity index (χ3v) is 5.72. The lowest BCUT2D eigenvalue weighted by molar-refractivity contribution is 0.631. The zero-order chi connectivity index (χ0) is 23.9. The number of H-pyrrole nitrogens is 2. The summed E-state index contributed by atoms with van der Waals surface area (Å²) >= 11 is 0. The largest absolute Gasteiger partial charge is 0.382 e. The lowest BCUT2D eigenvalue weighted by Crippen LogP contribution is -2.09. The SMILES string of the molecule is CC(C)Nc1cncc(-c2cc3c(-c4nc5nccc(-c6ccccc6F)c5[nH]4)n[nH]c3cn2)c1. The van der Waals surface area contributed by atoms with Gasteiger partial charge in [-0.2, -0.15) is 5.10 Å². The van der Waals surface area contributed by atoms with Gasteiger partial charge in [0.1, 0.15) is 11.5 Å². The van der Waals surface area contributed by atoms with E-state index in [2.05, 4.69) is 54.3 Å². The maximum Gasteiger partial charge on any atom is 0.178 e. The number of hydrogen-bond acceptors (Lipinski definition) is 6. The number of rotatable bonds is 5. The van der Waals surface area contributed by atoms with Crippen LogP contribution in [0.2, 0.25) is 0 Å². The number of hydrogen-bond donors (Lipinski definition) is 3. The number of anilines is 1. The molecule has 5 heterocycles. The highest BCUT2D eigenvalue weighted by Crippen LogP contribution is 2.32. The number of imidazole rings is 1. The van der Waals surface area contributed by atoms with Crippen LogP contribution in [0.1, 0.15) is 13.8 Å². The molecule has 172 valence electrons. The van der Waals surface area contributed by atoms with E-state index in [4.69, 9.17) is 0 Å². The summed E-state index contributed by atoms with van der Waals surface area (Å²) in [6.07, 6.45) is 6.95. The van der Waals surface area contributed by atoms with Crippen molar-refractivity contribution in [1.82, 2.24) is 35.1 Å². The Morgan fingerprint density at radius 2 is 1.86 bits per heavy atom. The first-order chi connectivity index (χ1) is 17.1. The van der Waals surface area contributed by atoms with Crippen LogP contribution in [0.3, 0.4) is 0 Å². The molecule has 1 aromatic carbocycles. The van der Waals surface area contributed by atoms with Crippen LogP contribution in [-0.4, -0.2) is 41.2 Å². The van der Waals surface area contributed by atoms with Crippen LogP contribution in [0.5, 0.6) is 0 Å². The number of fused-ring (bicyclic) bond motifs is 2. The number of halogens is 1. The summed E-state index contributed by atoms with van der Waals surface area (Å²) < 4.78 is 14.5. The molecule has 6 rings (SSSR count). The van der Waals surface area contributed by atoms with Crippen LogP contribution in [0, 0.1) is 5.82 Å². The minimum Gasteiger partial charge on any atom is -0.382 e. The second kappa shape index (κ2) is 8.28. The zero-order valence-corrected chi connectivity index (χ0v) is 19.0. The van der Waals surface area contributed by atoms with Crippen molar-refractivity contribution in [3.63, 3.8) is 0 Å². The highest BCUT2D eigenvalue weighted by Gasteiger charge is 2.18. The Bertz CT molecular complexity index is 1680. The summed E-state index contributed by atoms with van der Waals surface area (Å²) in [7, 11) is 0. The first kappa shape index (κ1) is 20.9. The van der Waals surface area contributed by atoms with Crippen molar-refractivity contribution in [3.8, 4) is 33.9 Å². The van der Waals surface area contributed by atoms with Gasteiger partial charge in [0.25, 0.3) is 0 Å². The number of nitrogens with one attached hydrogen (secondary N) is 3. The molecule has 0 saturated heterocycles. The predicted molar refractivity (Wildman–Crippen MR) is 134 cm³/mol. The van der Waals surface area contributed by atoms with E-state index in [9.17, 15) is 4.39 Å². The Kier molecular flexibility index (Phi) is 4.95. The zero-order valence-electron chi connectivity index (χ0n) is 19.0. The Morgan fingerprint density at radius 3 is 2.71 bits per heavy atom. The van der Waals surface area contributed by atoms with E-state index < -0.39 is 0 Å². The molecule has 0 aliphatic carbocycles. The molecular weight excluding hydrogens is 443 g/mol. The first-order valence-electron chi connectivity index (χ1n) is 11.2. The smallest absolute Gasteiger partial charge is 0.178 e. The molecule has 3 N–H and O–H groups in total. The first-order valence-corrected chi connectivity index (χ1v) is 11.2. The molecule has 0 bridgehead atoms. The molecule has 0 radical (unpaired) electrons. The van der Waals surface area contributed by atoms with Crippen LogP contribution in [0.15, 0.2) is 67.3 Å². The van der Waals surface area contributed by atoms with Crippen LogP contribution >= 0.6 is 0 Å². The van der Waals surface area contributed by atoms with Gasteiger partial charge in [-0.15, -0.1) is 0 Å². The van der Waals surface area contributed by atoms with Crippen molar-refractivity contribution in [2.75, 3.05) is 5.32 Å².